The molecule has 0 spiro atoms. The molecule has 0 aliphatic carbocycles. The van der Waals surface area contributed by atoms with E-state index in [0.29, 0.717) is 16.9 Å². The third-order valence-electron chi connectivity index (χ3n) is 3.88. The highest BCUT2D eigenvalue weighted by molar-refractivity contribution is 6.04. The highest BCUT2D eigenvalue weighted by Gasteiger charge is 2.08. The fraction of sp³-hybridized carbons (Fsp3) is 0.222. The summed E-state index contributed by atoms with van der Waals surface area (Å²) in [5.74, 6) is -0.178. The van der Waals surface area contributed by atoms with Crippen LogP contribution in [-0.4, -0.2) is 51.7 Å². The summed E-state index contributed by atoms with van der Waals surface area (Å²) in [4.78, 5) is 26.1. The lowest BCUT2D eigenvalue weighted by molar-refractivity contribution is 0.102. The van der Waals surface area contributed by atoms with Crippen molar-refractivity contribution in [2.75, 3.05) is 26.0 Å². The van der Waals surface area contributed by atoms with E-state index in [1.54, 1.807) is 30.3 Å². The maximum Gasteiger partial charge on any atom is 0.365 e. The number of carbonyl (C=O) groups is 1. The highest BCUT2D eigenvalue weighted by atomic mass is 16.2. The van der Waals surface area contributed by atoms with Crippen molar-refractivity contribution < 1.29 is 4.79 Å². The molecule has 0 fully saturated rings. The Morgan fingerprint density at radius 1 is 1.19 bits per heavy atom. The van der Waals surface area contributed by atoms with Gasteiger partial charge in [0.2, 0.25) is 0 Å². The zero-order valence-electron chi connectivity index (χ0n) is 14.6. The van der Waals surface area contributed by atoms with Gasteiger partial charge in [-0.05, 0) is 72.9 Å². The average molecular weight is 352 g/mol. The van der Waals surface area contributed by atoms with Gasteiger partial charge in [0.25, 0.3) is 5.91 Å². The molecule has 2 aromatic carbocycles. The minimum atomic E-state index is -0.420. The summed E-state index contributed by atoms with van der Waals surface area (Å²) < 4.78 is 1.14. The van der Waals surface area contributed by atoms with E-state index < -0.39 is 5.69 Å². The van der Waals surface area contributed by atoms with Gasteiger partial charge < -0.3 is 10.2 Å². The number of benzene rings is 2. The van der Waals surface area contributed by atoms with Crippen molar-refractivity contribution >= 4 is 11.6 Å². The molecule has 0 aliphatic rings. The first-order valence-electron chi connectivity index (χ1n) is 8.19. The molecule has 0 atom stereocenters. The minimum absolute atomic E-state index is 0.178. The minimum Gasteiger partial charge on any atom is -0.322 e. The molecule has 1 aromatic heterocycles. The van der Waals surface area contributed by atoms with Crippen LogP contribution in [0.25, 0.3) is 5.69 Å². The zero-order chi connectivity index (χ0) is 18.5. The molecule has 26 heavy (non-hydrogen) atoms. The van der Waals surface area contributed by atoms with Crippen molar-refractivity contribution in [2.24, 2.45) is 0 Å². The predicted molar refractivity (Wildman–Crippen MR) is 98.6 cm³/mol. The second-order valence-corrected chi connectivity index (χ2v) is 6.17. The standard InChI is InChI=1S/C18H20N6O2/c1-23(2)11-10-13-4-3-5-14(12-13)17(25)19-15-6-8-16(9-7-15)24-18(26)20-21-22-24/h3-9,12H,10-11H2,1-2H3,(H,19,25)(H,20,22,26). The van der Waals surface area contributed by atoms with E-state index in [4.69, 9.17) is 0 Å². The summed E-state index contributed by atoms with van der Waals surface area (Å²) in [6, 6.07) is 14.4. The fourth-order valence-corrected chi connectivity index (χ4v) is 2.48. The number of aromatic amines is 1. The molecular formula is C18H20N6O2. The Kier molecular flexibility index (Phi) is 5.23. The zero-order valence-corrected chi connectivity index (χ0v) is 14.6. The number of nitrogens with one attached hydrogen (secondary N) is 2. The van der Waals surface area contributed by atoms with Gasteiger partial charge >= 0.3 is 5.69 Å². The van der Waals surface area contributed by atoms with Crippen LogP contribution in [-0.2, 0) is 6.42 Å². The lowest BCUT2D eigenvalue weighted by atomic mass is 10.1. The summed E-state index contributed by atoms with van der Waals surface area (Å²) in [5.41, 5.74) is 2.50. The summed E-state index contributed by atoms with van der Waals surface area (Å²) in [6.45, 7) is 0.925. The van der Waals surface area contributed by atoms with Crippen LogP contribution in [0.1, 0.15) is 15.9 Å². The Labute approximate surface area is 150 Å². The quantitative estimate of drug-likeness (QED) is 0.697. The molecule has 0 aliphatic heterocycles. The third kappa shape index (κ3) is 4.22. The molecule has 3 rings (SSSR count). The first-order valence-corrected chi connectivity index (χ1v) is 8.19. The van der Waals surface area contributed by atoms with Crippen molar-refractivity contribution in [3.63, 3.8) is 0 Å². The van der Waals surface area contributed by atoms with E-state index in [-0.39, 0.29) is 5.91 Å². The molecule has 0 radical (unpaired) electrons. The molecule has 134 valence electrons. The van der Waals surface area contributed by atoms with Gasteiger partial charge in [-0.3, -0.25) is 4.79 Å². The monoisotopic (exact) mass is 352 g/mol. The van der Waals surface area contributed by atoms with E-state index in [9.17, 15) is 9.59 Å². The number of hydrogen-bond donors (Lipinski definition) is 2. The fourth-order valence-electron chi connectivity index (χ4n) is 2.48. The SMILES string of the molecule is CN(C)CCc1cccc(C(=O)Nc2ccc(-n3nn[nH]c3=O)cc2)c1. The molecule has 8 nitrogen and oxygen atoms in total. The number of hydrogen-bond acceptors (Lipinski definition) is 5. The number of likely N-dealkylation sites (N-methyl/N-ethyl adjacent to an activating group) is 1. The van der Waals surface area contributed by atoms with Gasteiger partial charge in [0.15, 0.2) is 0 Å². The maximum absolute atomic E-state index is 12.5. The van der Waals surface area contributed by atoms with Crippen LogP contribution < -0.4 is 11.0 Å². The van der Waals surface area contributed by atoms with Gasteiger partial charge in [0, 0.05) is 17.8 Å². The number of anilines is 1. The predicted octanol–water partition coefficient (Wildman–Crippen LogP) is 1.31. The lowest BCUT2D eigenvalue weighted by Crippen LogP contribution is -2.16. The summed E-state index contributed by atoms with van der Waals surface area (Å²) in [6.07, 6.45) is 0.884. The normalized spacial score (nSPS) is 10.9. The highest BCUT2D eigenvalue weighted by Crippen LogP contribution is 2.14. The second-order valence-electron chi connectivity index (χ2n) is 6.17. The van der Waals surface area contributed by atoms with Crippen LogP contribution in [0.2, 0.25) is 0 Å². The molecule has 0 saturated carbocycles. The van der Waals surface area contributed by atoms with Gasteiger partial charge in [-0.15, -0.1) is 0 Å². The van der Waals surface area contributed by atoms with E-state index >= 15 is 0 Å². The molecular weight excluding hydrogens is 332 g/mol. The molecule has 8 heteroatoms. The Bertz CT molecular complexity index is 943. The number of H-pyrrole nitrogens is 1. The average Bonchev–Trinajstić information content (AvgIpc) is 3.07. The van der Waals surface area contributed by atoms with Crippen molar-refractivity contribution in [3.05, 3.63) is 70.1 Å². The van der Waals surface area contributed by atoms with Crippen LogP contribution in [0, 0.1) is 0 Å². The molecule has 0 unspecified atom stereocenters. The first kappa shape index (κ1) is 17.6. The number of aromatic nitrogens is 4. The number of amides is 1. The smallest absolute Gasteiger partial charge is 0.322 e. The molecule has 0 bridgehead atoms. The Hall–Kier alpha value is -3.26. The van der Waals surface area contributed by atoms with Crippen LogP contribution in [0.3, 0.4) is 0 Å². The van der Waals surface area contributed by atoms with Crippen LogP contribution in [0.15, 0.2) is 53.3 Å². The van der Waals surface area contributed by atoms with Crippen molar-refractivity contribution in [1.82, 2.24) is 25.1 Å². The van der Waals surface area contributed by atoms with E-state index in [1.807, 2.05) is 32.3 Å². The first-order chi connectivity index (χ1) is 12.5. The summed E-state index contributed by atoms with van der Waals surface area (Å²) in [7, 11) is 4.04. The van der Waals surface area contributed by atoms with Crippen molar-refractivity contribution in [3.8, 4) is 5.69 Å². The number of carbonyl (C=O) groups excluding carboxylic acids is 1. The van der Waals surface area contributed by atoms with Crippen LogP contribution >= 0.6 is 0 Å². The lowest BCUT2D eigenvalue weighted by Gasteiger charge is -2.10. The van der Waals surface area contributed by atoms with Gasteiger partial charge in [0.05, 0.1) is 5.69 Å². The number of nitrogens with zero attached hydrogens (tertiary/aromatic N) is 4. The molecule has 2 N–H and O–H groups in total. The Balaban J connectivity index is 1.69. The summed E-state index contributed by atoms with van der Waals surface area (Å²) in [5, 5.41) is 12.2. The molecule has 1 amide bonds. The van der Waals surface area contributed by atoms with Crippen molar-refractivity contribution in [1.29, 1.82) is 0 Å². The van der Waals surface area contributed by atoms with Gasteiger partial charge in [-0.2, -0.15) is 4.68 Å². The molecule has 0 saturated heterocycles. The van der Waals surface area contributed by atoms with Gasteiger partial charge in [0.1, 0.15) is 0 Å². The topological polar surface area (TPSA) is 95.9 Å². The number of rotatable bonds is 6. The van der Waals surface area contributed by atoms with Crippen LogP contribution in [0.4, 0.5) is 5.69 Å². The van der Waals surface area contributed by atoms with Gasteiger partial charge in [-0.25, -0.2) is 9.89 Å². The van der Waals surface area contributed by atoms with Crippen molar-refractivity contribution in [2.45, 2.75) is 6.42 Å². The number of tetrazole rings is 1. The van der Waals surface area contributed by atoms with E-state index in [1.165, 1.54) is 0 Å². The van der Waals surface area contributed by atoms with E-state index in [2.05, 4.69) is 25.7 Å². The Morgan fingerprint density at radius 3 is 2.62 bits per heavy atom. The van der Waals surface area contributed by atoms with E-state index in [0.717, 1.165) is 23.2 Å². The molecule has 3 aromatic rings. The largest absolute Gasteiger partial charge is 0.365 e. The second kappa shape index (κ2) is 7.75. The van der Waals surface area contributed by atoms with Gasteiger partial charge in [-0.1, -0.05) is 12.1 Å². The van der Waals surface area contributed by atoms with Crippen LogP contribution in [0.5, 0.6) is 0 Å². The maximum atomic E-state index is 12.5. The Morgan fingerprint density at radius 2 is 1.96 bits per heavy atom. The third-order valence-corrected chi connectivity index (χ3v) is 3.88. The summed E-state index contributed by atoms with van der Waals surface area (Å²) >= 11 is 0. The molecule has 1 heterocycles.